The van der Waals surface area contributed by atoms with E-state index in [0.717, 1.165) is 62.7 Å². The molecule has 0 aliphatic carbocycles. The molecule has 3 heteroatoms. The highest BCUT2D eigenvalue weighted by Gasteiger charge is 2.25. The van der Waals surface area contributed by atoms with E-state index in [9.17, 15) is 0 Å². The van der Waals surface area contributed by atoms with Gasteiger partial charge in [0.25, 0.3) is 0 Å². The van der Waals surface area contributed by atoms with E-state index in [2.05, 4.69) is 47.9 Å². The Morgan fingerprint density at radius 3 is 2.03 bits per heavy atom. The summed E-state index contributed by atoms with van der Waals surface area (Å²) in [5.74, 6) is 2.61. The third-order valence-electron chi connectivity index (χ3n) is 6.68. The quantitative estimate of drug-likeness (QED) is 0.258. The third-order valence-corrected chi connectivity index (χ3v) is 6.68. The van der Waals surface area contributed by atoms with Crippen LogP contribution in [0.15, 0.2) is 115 Å². The molecule has 0 fully saturated rings. The monoisotopic (exact) mass is 469 g/mol. The van der Waals surface area contributed by atoms with Crippen molar-refractivity contribution in [3.8, 4) is 50.6 Å². The number of para-hydroxylation sites is 2. The van der Waals surface area contributed by atoms with E-state index in [-0.39, 0.29) is 35.8 Å². The number of fused-ring (bicyclic) bond motifs is 2. The number of rotatable bonds is 4. The van der Waals surface area contributed by atoms with Crippen molar-refractivity contribution in [2.45, 2.75) is 13.3 Å². The molecule has 5 aromatic carbocycles. The van der Waals surface area contributed by atoms with Crippen molar-refractivity contribution < 1.29 is 11.6 Å². The predicted octanol–water partition coefficient (Wildman–Crippen LogP) is 8.69. The molecule has 36 heavy (non-hydrogen) atoms. The molecule has 1 aliphatic heterocycles. The first kappa shape index (κ1) is 16.1. The highest BCUT2D eigenvalue weighted by molar-refractivity contribution is 5.98. The van der Waals surface area contributed by atoms with Gasteiger partial charge in [-0.2, -0.15) is 0 Å². The minimum atomic E-state index is -0.389. The van der Waals surface area contributed by atoms with Gasteiger partial charge in [0, 0.05) is 12.0 Å². The van der Waals surface area contributed by atoms with Crippen LogP contribution in [-0.2, 0) is 6.42 Å². The zero-order valence-corrected chi connectivity index (χ0v) is 19.6. The Morgan fingerprint density at radius 2 is 1.33 bits per heavy atom. The van der Waals surface area contributed by atoms with Gasteiger partial charge in [-0.1, -0.05) is 97.8 Å². The fraction of sp³-hybridized carbons (Fsp3) is 0.0606. The minimum absolute atomic E-state index is 0.201. The van der Waals surface area contributed by atoms with Crippen molar-refractivity contribution in [2.75, 3.05) is 0 Å². The number of aromatic nitrogens is 2. The van der Waals surface area contributed by atoms with Gasteiger partial charge in [-0.15, -0.1) is 0 Å². The number of benzene rings is 5. The van der Waals surface area contributed by atoms with Gasteiger partial charge in [0.15, 0.2) is 11.5 Å². The SMILES string of the molecule is [2H]c1c([2H])c([2H])c(-c2ccc(-c3ccc(-c4ccc5c6c4nc(CC)n6-c4ccccc4O5)cc3)cc2)c([2H])c1[2H]. The number of aryl methyl sites for hydroxylation is 1. The van der Waals surface area contributed by atoms with Gasteiger partial charge < -0.3 is 4.74 Å². The molecule has 7 rings (SSSR count). The third kappa shape index (κ3) is 3.24. The van der Waals surface area contributed by atoms with Crippen molar-refractivity contribution in [1.29, 1.82) is 0 Å². The molecular formula is C33H24N2O. The summed E-state index contributed by atoms with van der Waals surface area (Å²) < 4.78 is 48.7. The van der Waals surface area contributed by atoms with Crippen molar-refractivity contribution in [1.82, 2.24) is 9.55 Å². The second-order valence-corrected chi connectivity index (χ2v) is 8.75. The average Bonchev–Trinajstić information content (AvgIpc) is 3.41. The summed E-state index contributed by atoms with van der Waals surface area (Å²) in [6.45, 7) is 2.11. The standard InChI is InChI=1S/C33H24N2O/c1-2-31-34-32-27(20-21-30-33(32)35(31)28-10-6-7-11-29(28)36-30)26-18-16-25(17-19-26)24-14-12-23(13-15-24)22-8-4-3-5-9-22/h3-21H,2H2,1H3/i3D,4D,5D,8D,9D. The lowest BCUT2D eigenvalue weighted by molar-refractivity contribution is 0.474. The summed E-state index contributed by atoms with van der Waals surface area (Å²) in [5, 5.41) is 0. The zero-order chi connectivity index (χ0) is 28.4. The Morgan fingerprint density at radius 1 is 0.694 bits per heavy atom. The molecule has 3 nitrogen and oxygen atoms in total. The normalized spacial score (nSPS) is 13.8. The van der Waals surface area contributed by atoms with Gasteiger partial charge in [0.05, 0.1) is 12.5 Å². The second-order valence-electron chi connectivity index (χ2n) is 8.75. The van der Waals surface area contributed by atoms with Crippen LogP contribution in [-0.4, -0.2) is 9.55 Å². The van der Waals surface area contributed by atoms with Crippen LogP contribution in [0.4, 0.5) is 0 Å². The largest absolute Gasteiger partial charge is 0.453 e. The zero-order valence-electron chi connectivity index (χ0n) is 24.6. The van der Waals surface area contributed by atoms with Crippen LogP contribution in [0.1, 0.15) is 19.6 Å². The lowest BCUT2D eigenvalue weighted by atomic mass is 9.97. The van der Waals surface area contributed by atoms with Crippen LogP contribution in [0, 0.1) is 0 Å². The fourth-order valence-corrected chi connectivity index (χ4v) is 4.92. The van der Waals surface area contributed by atoms with Crippen LogP contribution in [0.2, 0.25) is 0 Å². The molecule has 2 heterocycles. The summed E-state index contributed by atoms with van der Waals surface area (Å²) >= 11 is 0. The lowest BCUT2D eigenvalue weighted by Crippen LogP contribution is -2.06. The Hall–Kier alpha value is -4.63. The van der Waals surface area contributed by atoms with E-state index in [1.165, 1.54) is 0 Å². The maximum atomic E-state index is 8.26. The molecule has 0 unspecified atom stereocenters. The highest BCUT2D eigenvalue weighted by atomic mass is 16.5. The maximum Gasteiger partial charge on any atom is 0.153 e. The molecule has 172 valence electrons. The van der Waals surface area contributed by atoms with Crippen molar-refractivity contribution in [3.05, 3.63) is 121 Å². The molecular weight excluding hydrogens is 440 g/mol. The van der Waals surface area contributed by atoms with Crippen LogP contribution >= 0.6 is 0 Å². The van der Waals surface area contributed by atoms with Crippen LogP contribution < -0.4 is 4.74 Å². The van der Waals surface area contributed by atoms with Gasteiger partial charge in [0.1, 0.15) is 16.9 Å². The van der Waals surface area contributed by atoms with Gasteiger partial charge in [0.2, 0.25) is 0 Å². The van der Waals surface area contributed by atoms with Gasteiger partial charge >= 0.3 is 0 Å². The van der Waals surface area contributed by atoms with E-state index in [4.69, 9.17) is 16.6 Å². The molecule has 1 aromatic heterocycles. The Balaban J connectivity index is 1.25. The molecule has 1 aliphatic rings. The van der Waals surface area contributed by atoms with Gasteiger partial charge in [-0.05, 0) is 52.1 Å². The topological polar surface area (TPSA) is 27.1 Å². The smallest absolute Gasteiger partial charge is 0.153 e. The van der Waals surface area contributed by atoms with E-state index < -0.39 is 0 Å². The van der Waals surface area contributed by atoms with Crippen LogP contribution in [0.3, 0.4) is 0 Å². The van der Waals surface area contributed by atoms with Crippen molar-refractivity contribution in [3.63, 3.8) is 0 Å². The van der Waals surface area contributed by atoms with E-state index in [1.54, 1.807) is 12.1 Å². The summed E-state index contributed by atoms with van der Waals surface area (Å²) in [7, 11) is 0. The molecule has 0 amide bonds. The maximum absolute atomic E-state index is 8.26. The first-order chi connectivity index (χ1) is 19.9. The molecule has 0 atom stereocenters. The van der Waals surface area contributed by atoms with Crippen molar-refractivity contribution >= 4 is 11.0 Å². The number of hydrogen-bond donors (Lipinski definition) is 0. The molecule has 0 saturated heterocycles. The van der Waals surface area contributed by atoms with E-state index in [1.807, 2.05) is 36.4 Å². The molecule has 0 bridgehead atoms. The minimum Gasteiger partial charge on any atom is -0.453 e. The van der Waals surface area contributed by atoms with E-state index >= 15 is 0 Å². The molecule has 6 aromatic rings. The summed E-state index contributed by atoms with van der Waals surface area (Å²) in [5.41, 5.74) is 7.71. The number of hydrogen-bond acceptors (Lipinski definition) is 2. The highest BCUT2D eigenvalue weighted by Crippen LogP contribution is 2.44. The summed E-state index contributed by atoms with van der Waals surface area (Å²) in [4.78, 5) is 5.04. The summed E-state index contributed by atoms with van der Waals surface area (Å²) in [6, 6.07) is 26.3. The first-order valence-corrected chi connectivity index (χ1v) is 12.0. The average molecular weight is 470 g/mol. The van der Waals surface area contributed by atoms with E-state index in [0.29, 0.717) is 5.56 Å². The Bertz CT molecular complexity index is 1970. The fourth-order valence-electron chi connectivity index (χ4n) is 4.92. The van der Waals surface area contributed by atoms with Gasteiger partial charge in [-0.3, -0.25) is 4.57 Å². The number of ether oxygens (including phenoxy) is 1. The predicted molar refractivity (Wildman–Crippen MR) is 147 cm³/mol. The number of nitrogens with zero attached hydrogens (tertiary/aromatic N) is 2. The Kier molecular flexibility index (Phi) is 3.69. The lowest BCUT2D eigenvalue weighted by Gasteiger charge is -2.21. The second kappa shape index (κ2) is 8.24. The Labute approximate surface area is 217 Å². The molecule has 0 saturated carbocycles. The van der Waals surface area contributed by atoms with Gasteiger partial charge in [-0.25, -0.2) is 4.98 Å². The molecule has 0 N–H and O–H groups in total. The first-order valence-electron chi connectivity index (χ1n) is 14.5. The van der Waals surface area contributed by atoms with Crippen LogP contribution in [0.25, 0.3) is 50.1 Å². The number of imidazole rings is 1. The van der Waals surface area contributed by atoms with Crippen molar-refractivity contribution in [2.24, 2.45) is 0 Å². The summed E-state index contributed by atoms with van der Waals surface area (Å²) in [6.07, 6.45) is 0.791. The molecule has 0 radical (unpaired) electrons. The molecule has 0 spiro atoms. The van der Waals surface area contributed by atoms with Crippen LogP contribution in [0.5, 0.6) is 11.5 Å².